The normalized spacial score (nSPS) is 12.1. The molecule has 182 valence electrons. The second-order valence-electron chi connectivity index (χ2n) is 8.99. The van der Waals surface area contributed by atoms with Crippen LogP contribution in [0, 0.1) is 0 Å². The van der Waals surface area contributed by atoms with E-state index in [0.29, 0.717) is 6.54 Å². The van der Waals surface area contributed by atoms with Crippen molar-refractivity contribution in [3.63, 3.8) is 0 Å². The lowest BCUT2D eigenvalue weighted by Crippen LogP contribution is -2.10. The van der Waals surface area contributed by atoms with Crippen molar-refractivity contribution in [1.82, 2.24) is 14.0 Å². The molecule has 0 aliphatic carbocycles. The number of aliphatic hydroxyl groups is 1. The number of fused-ring (bicyclic) bond motifs is 1. The highest BCUT2D eigenvalue weighted by Gasteiger charge is 2.23. The molecule has 0 bridgehead atoms. The summed E-state index contributed by atoms with van der Waals surface area (Å²) in [6.45, 7) is 0.362. The average Bonchev–Trinajstić information content (AvgIpc) is 3.51. The van der Waals surface area contributed by atoms with E-state index in [1.165, 1.54) is 0 Å². The zero-order chi connectivity index (χ0) is 25.2. The first kappa shape index (κ1) is 22.8. The zero-order valence-corrected chi connectivity index (χ0v) is 20.5. The van der Waals surface area contributed by atoms with Crippen LogP contribution in [0.2, 0.25) is 0 Å². The summed E-state index contributed by atoms with van der Waals surface area (Å²) in [5.41, 5.74) is 6.91. The minimum absolute atomic E-state index is 0.362. The fraction of sp³-hybridized carbons (Fsp3) is 0.0938. The molecule has 0 aliphatic rings. The highest BCUT2D eigenvalue weighted by atomic mass is 16.5. The molecule has 1 atom stereocenters. The van der Waals surface area contributed by atoms with Crippen LogP contribution in [0.3, 0.4) is 0 Å². The maximum Gasteiger partial charge on any atom is 0.215 e. The van der Waals surface area contributed by atoms with E-state index >= 15 is 0 Å². The fourth-order valence-corrected chi connectivity index (χ4v) is 4.83. The summed E-state index contributed by atoms with van der Waals surface area (Å²) in [5, 5.41) is 11.2. The average molecular weight is 486 g/mol. The van der Waals surface area contributed by atoms with Gasteiger partial charge in [0.15, 0.2) is 0 Å². The molecular formula is C32H27N3O2. The van der Waals surface area contributed by atoms with Crippen LogP contribution < -0.4 is 4.74 Å². The Balaban J connectivity index is 1.59. The Morgan fingerprint density at radius 1 is 0.730 bits per heavy atom. The molecule has 5 nitrogen and oxygen atoms in total. The second kappa shape index (κ2) is 9.80. The Kier molecular flexibility index (Phi) is 6.05. The van der Waals surface area contributed by atoms with Gasteiger partial charge in [0.25, 0.3) is 0 Å². The number of rotatable bonds is 7. The molecule has 5 heteroatoms. The Morgan fingerprint density at radius 3 is 1.95 bits per heavy atom. The SMILES string of the molecule is COc1ccc(-c2cn3c(-c4ccccc4)c(-c4ccccc4)nc3n2C[C@@H](O)c2ccccc2)cc1. The van der Waals surface area contributed by atoms with Crippen molar-refractivity contribution in [3.8, 4) is 39.5 Å². The molecule has 2 heterocycles. The maximum absolute atomic E-state index is 11.2. The highest BCUT2D eigenvalue weighted by Crippen LogP contribution is 2.36. The summed E-state index contributed by atoms with van der Waals surface area (Å²) < 4.78 is 9.64. The number of nitrogens with zero attached hydrogens (tertiary/aromatic N) is 3. The van der Waals surface area contributed by atoms with Crippen molar-refractivity contribution in [1.29, 1.82) is 0 Å². The molecule has 0 saturated heterocycles. The standard InChI is InChI=1S/C32H27N3O2/c1-37-27-19-17-23(18-20-27)28-21-35-31(26-15-9-4-10-16-26)30(25-13-7-3-8-14-25)33-32(35)34(28)22-29(36)24-11-5-2-6-12-24/h2-21,29,36H,22H2,1H3/t29-/m1/s1. The lowest BCUT2D eigenvalue weighted by Gasteiger charge is -2.15. The monoisotopic (exact) mass is 485 g/mol. The molecule has 0 radical (unpaired) electrons. The molecule has 37 heavy (non-hydrogen) atoms. The van der Waals surface area contributed by atoms with Crippen LogP contribution in [0.5, 0.6) is 5.75 Å². The van der Waals surface area contributed by atoms with E-state index in [-0.39, 0.29) is 0 Å². The predicted molar refractivity (Wildman–Crippen MR) is 147 cm³/mol. The van der Waals surface area contributed by atoms with E-state index < -0.39 is 6.10 Å². The van der Waals surface area contributed by atoms with E-state index in [1.807, 2.05) is 91.0 Å². The molecule has 2 aromatic heterocycles. The van der Waals surface area contributed by atoms with Crippen LogP contribution in [0.4, 0.5) is 0 Å². The topological polar surface area (TPSA) is 51.7 Å². The first-order valence-corrected chi connectivity index (χ1v) is 12.3. The molecular weight excluding hydrogens is 458 g/mol. The van der Waals surface area contributed by atoms with Gasteiger partial charge in [-0.1, -0.05) is 91.0 Å². The zero-order valence-electron chi connectivity index (χ0n) is 20.5. The van der Waals surface area contributed by atoms with Gasteiger partial charge in [0, 0.05) is 22.9 Å². The third-order valence-electron chi connectivity index (χ3n) is 6.70. The third kappa shape index (κ3) is 4.30. The second-order valence-corrected chi connectivity index (χ2v) is 8.99. The lowest BCUT2D eigenvalue weighted by atomic mass is 10.0. The van der Waals surface area contributed by atoms with Crippen molar-refractivity contribution >= 4 is 5.78 Å². The summed E-state index contributed by atoms with van der Waals surface area (Å²) in [7, 11) is 1.67. The molecule has 0 aliphatic heterocycles. The van der Waals surface area contributed by atoms with Gasteiger partial charge in [-0.3, -0.25) is 4.40 Å². The van der Waals surface area contributed by atoms with Gasteiger partial charge < -0.3 is 14.4 Å². The first-order valence-electron chi connectivity index (χ1n) is 12.3. The number of benzene rings is 4. The van der Waals surface area contributed by atoms with Crippen molar-refractivity contribution in [2.24, 2.45) is 0 Å². The third-order valence-corrected chi connectivity index (χ3v) is 6.70. The minimum Gasteiger partial charge on any atom is -0.497 e. The van der Waals surface area contributed by atoms with Gasteiger partial charge in [-0.05, 0) is 29.8 Å². The summed E-state index contributed by atoms with van der Waals surface area (Å²) in [6.07, 6.45) is 1.43. The smallest absolute Gasteiger partial charge is 0.215 e. The quantitative estimate of drug-likeness (QED) is 0.268. The number of methoxy groups -OCH3 is 1. The summed E-state index contributed by atoms with van der Waals surface area (Å²) in [5.74, 6) is 1.57. The van der Waals surface area contributed by atoms with E-state index in [4.69, 9.17) is 9.72 Å². The van der Waals surface area contributed by atoms with Gasteiger partial charge in [-0.2, -0.15) is 0 Å². The largest absolute Gasteiger partial charge is 0.497 e. The van der Waals surface area contributed by atoms with E-state index in [2.05, 4.69) is 39.4 Å². The van der Waals surface area contributed by atoms with Gasteiger partial charge in [-0.25, -0.2) is 4.98 Å². The molecule has 6 rings (SSSR count). The van der Waals surface area contributed by atoms with Gasteiger partial charge in [-0.15, -0.1) is 0 Å². The van der Waals surface area contributed by atoms with Crippen molar-refractivity contribution in [3.05, 3.63) is 127 Å². The van der Waals surface area contributed by atoms with Crippen LogP contribution in [0.15, 0.2) is 121 Å². The number of ether oxygens (including phenoxy) is 1. The maximum atomic E-state index is 11.2. The molecule has 0 spiro atoms. The van der Waals surface area contributed by atoms with Crippen LogP contribution in [-0.2, 0) is 6.54 Å². The molecule has 6 aromatic rings. The first-order chi connectivity index (χ1) is 18.2. The van der Waals surface area contributed by atoms with E-state index in [0.717, 1.165) is 50.9 Å². The molecule has 1 N–H and O–H groups in total. The van der Waals surface area contributed by atoms with Gasteiger partial charge in [0.05, 0.1) is 36.8 Å². The van der Waals surface area contributed by atoms with Crippen molar-refractivity contribution < 1.29 is 9.84 Å². The van der Waals surface area contributed by atoms with Crippen LogP contribution in [0.1, 0.15) is 11.7 Å². The number of aliphatic hydroxyl groups excluding tert-OH is 1. The predicted octanol–water partition coefficient (Wildman–Crippen LogP) is 6.88. The van der Waals surface area contributed by atoms with E-state index in [1.54, 1.807) is 7.11 Å². The fourth-order valence-electron chi connectivity index (χ4n) is 4.83. The number of aromatic nitrogens is 3. The van der Waals surface area contributed by atoms with Crippen LogP contribution in [-0.4, -0.2) is 26.2 Å². The Morgan fingerprint density at radius 2 is 1.32 bits per heavy atom. The van der Waals surface area contributed by atoms with Crippen molar-refractivity contribution in [2.45, 2.75) is 12.6 Å². The Labute approximate surface area is 215 Å². The minimum atomic E-state index is -0.688. The van der Waals surface area contributed by atoms with Crippen molar-refractivity contribution in [2.75, 3.05) is 7.11 Å². The Bertz CT molecular complexity index is 1620. The molecule has 0 saturated carbocycles. The number of hydrogen-bond acceptors (Lipinski definition) is 3. The van der Waals surface area contributed by atoms with Gasteiger partial charge >= 0.3 is 0 Å². The summed E-state index contributed by atoms with van der Waals surface area (Å²) >= 11 is 0. The molecule has 0 fully saturated rings. The molecule has 0 unspecified atom stereocenters. The highest BCUT2D eigenvalue weighted by molar-refractivity contribution is 5.82. The molecule has 0 amide bonds. The van der Waals surface area contributed by atoms with Crippen LogP contribution in [0.25, 0.3) is 39.5 Å². The van der Waals surface area contributed by atoms with Gasteiger partial charge in [0.1, 0.15) is 5.75 Å². The Hall–Kier alpha value is -4.61. The summed E-state index contributed by atoms with van der Waals surface area (Å²) in [4.78, 5) is 5.18. The van der Waals surface area contributed by atoms with Gasteiger partial charge in [0.2, 0.25) is 5.78 Å². The number of imidazole rings is 2. The number of hydrogen-bond donors (Lipinski definition) is 1. The van der Waals surface area contributed by atoms with E-state index in [9.17, 15) is 5.11 Å². The van der Waals surface area contributed by atoms with Crippen LogP contribution >= 0.6 is 0 Å². The molecule has 4 aromatic carbocycles. The lowest BCUT2D eigenvalue weighted by molar-refractivity contribution is 0.158. The summed E-state index contributed by atoms with van der Waals surface area (Å²) in [6, 6.07) is 38.3.